The summed E-state index contributed by atoms with van der Waals surface area (Å²) in [5, 5.41) is 12.6. The van der Waals surface area contributed by atoms with Crippen LogP contribution in [0.5, 0.6) is 0 Å². The van der Waals surface area contributed by atoms with Crippen LogP contribution >= 0.6 is 0 Å². The van der Waals surface area contributed by atoms with E-state index in [2.05, 4.69) is 37.3 Å². The summed E-state index contributed by atoms with van der Waals surface area (Å²) >= 11 is 0. The van der Waals surface area contributed by atoms with Gasteiger partial charge in [0.15, 0.2) is 0 Å². The van der Waals surface area contributed by atoms with E-state index in [0.717, 1.165) is 39.1 Å². The van der Waals surface area contributed by atoms with E-state index in [9.17, 15) is 5.11 Å². The zero-order chi connectivity index (χ0) is 20.4. The fraction of sp³-hybridized carbons (Fsp3) is 0.348. The standard InChI is InChI=1S/C23H32N2O2/c1-16(2)23(19(5)25-20(6)24-12-13-27-7)11-9-17(3)21-10-8-18(4)22(14-21)15-26/h8-11,14,24,26H,3,6,12-13,15H2,1-2,4-5,7H3/b11-9-,25-19-. The van der Waals surface area contributed by atoms with E-state index in [1.807, 2.05) is 44.2 Å². The van der Waals surface area contributed by atoms with Gasteiger partial charge in [0.05, 0.1) is 13.2 Å². The third-order valence-electron chi connectivity index (χ3n) is 4.21. The fourth-order valence-corrected chi connectivity index (χ4v) is 2.57. The molecule has 0 bridgehead atoms. The minimum absolute atomic E-state index is 0.0276. The average Bonchev–Trinajstić information content (AvgIpc) is 2.61. The van der Waals surface area contributed by atoms with Crippen LogP contribution in [0.1, 0.15) is 37.5 Å². The molecule has 0 aromatic heterocycles. The molecule has 146 valence electrons. The highest BCUT2D eigenvalue weighted by Gasteiger charge is 2.04. The van der Waals surface area contributed by atoms with Crippen molar-refractivity contribution < 1.29 is 9.84 Å². The summed E-state index contributed by atoms with van der Waals surface area (Å²) in [5.41, 5.74) is 6.95. The van der Waals surface area contributed by atoms with Gasteiger partial charge in [-0.1, -0.05) is 43.0 Å². The monoisotopic (exact) mass is 368 g/mol. The molecule has 1 rings (SSSR count). The van der Waals surface area contributed by atoms with Crippen molar-refractivity contribution in [3.63, 3.8) is 0 Å². The Morgan fingerprint density at radius 2 is 1.93 bits per heavy atom. The van der Waals surface area contributed by atoms with Crippen LogP contribution in [0.2, 0.25) is 0 Å². The summed E-state index contributed by atoms with van der Waals surface area (Å²) in [6.45, 7) is 17.5. The maximum Gasteiger partial charge on any atom is 0.119 e. The van der Waals surface area contributed by atoms with Crippen LogP contribution in [-0.2, 0) is 11.3 Å². The van der Waals surface area contributed by atoms with Crippen molar-refractivity contribution >= 4 is 11.3 Å². The number of allylic oxidation sites excluding steroid dienone is 5. The van der Waals surface area contributed by atoms with Gasteiger partial charge in [-0.2, -0.15) is 0 Å². The zero-order valence-electron chi connectivity index (χ0n) is 17.2. The average molecular weight is 369 g/mol. The van der Waals surface area contributed by atoms with E-state index in [-0.39, 0.29) is 6.61 Å². The molecule has 0 aliphatic rings. The van der Waals surface area contributed by atoms with Gasteiger partial charge in [0.25, 0.3) is 0 Å². The van der Waals surface area contributed by atoms with Crippen LogP contribution in [0, 0.1) is 6.92 Å². The Hall–Kier alpha value is -2.43. The van der Waals surface area contributed by atoms with E-state index in [4.69, 9.17) is 4.74 Å². The lowest BCUT2D eigenvalue weighted by Gasteiger charge is -2.10. The molecule has 4 nitrogen and oxygen atoms in total. The third-order valence-corrected chi connectivity index (χ3v) is 4.21. The maximum absolute atomic E-state index is 9.46. The van der Waals surface area contributed by atoms with Crippen molar-refractivity contribution in [3.8, 4) is 0 Å². The Kier molecular flexibility index (Phi) is 9.48. The van der Waals surface area contributed by atoms with Gasteiger partial charge in [-0.25, -0.2) is 4.99 Å². The van der Waals surface area contributed by atoms with Gasteiger partial charge in [-0.15, -0.1) is 0 Å². The van der Waals surface area contributed by atoms with E-state index in [1.54, 1.807) is 7.11 Å². The van der Waals surface area contributed by atoms with Crippen molar-refractivity contribution in [2.24, 2.45) is 4.99 Å². The number of methoxy groups -OCH3 is 1. The molecule has 0 saturated heterocycles. The molecule has 0 saturated carbocycles. The lowest BCUT2D eigenvalue weighted by molar-refractivity contribution is 0.202. The molecule has 27 heavy (non-hydrogen) atoms. The van der Waals surface area contributed by atoms with Crippen molar-refractivity contribution in [2.45, 2.75) is 34.3 Å². The number of hydrogen-bond donors (Lipinski definition) is 2. The topological polar surface area (TPSA) is 53.9 Å². The second kappa shape index (κ2) is 11.3. The van der Waals surface area contributed by atoms with Gasteiger partial charge < -0.3 is 15.2 Å². The first-order chi connectivity index (χ1) is 12.8. The van der Waals surface area contributed by atoms with Crippen LogP contribution in [-0.4, -0.2) is 31.1 Å². The number of rotatable bonds is 10. The molecule has 4 heteroatoms. The van der Waals surface area contributed by atoms with E-state index < -0.39 is 0 Å². The molecule has 0 amide bonds. The highest BCUT2D eigenvalue weighted by atomic mass is 16.5. The normalized spacial score (nSPS) is 11.6. The predicted octanol–water partition coefficient (Wildman–Crippen LogP) is 4.56. The molecule has 0 heterocycles. The Morgan fingerprint density at radius 3 is 2.52 bits per heavy atom. The SMILES string of the molecule is C=C(/N=C(/C)C(/C=C\C(=C)c1ccc(C)c(CO)c1)=C(C)C)NCCOC. The van der Waals surface area contributed by atoms with Gasteiger partial charge in [-0.05, 0) is 61.6 Å². The van der Waals surface area contributed by atoms with Gasteiger partial charge in [0, 0.05) is 19.4 Å². The molecular weight excluding hydrogens is 336 g/mol. The number of aliphatic imine (C=N–C) groups is 1. The second-order valence-corrected chi connectivity index (χ2v) is 6.64. The Labute approximate surface area is 163 Å². The van der Waals surface area contributed by atoms with Crippen molar-refractivity contribution in [2.75, 3.05) is 20.3 Å². The number of nitrogens with one attached hydrogen (secondary N) is 1. The number of aliphatic hydroxyl groups excluding tert-OH is 1. The molecular formula is C23H32N2O2. The molecule has 2 N–H and O–H groups in total. The molecule has 0 atom stereocenters. The number of benzene rings is 1. The Morgan fingerprint density at radius 1 is 1.22 bits per heavy atom. The highest BCUT2D eigenvalue weighted by molar-refractivity contribution is 6.02. The van der Waals surface area contributed by atoms with Gasteiger partial charge in [0.1, 0.15) is 5.82 Å². The van der Waals surface area contributed by atoms with Crippen molar-refractivity contribution in [1.29, 1.82) is 0 Å². The van der Waals surface area contributed by atoms with E-state index in [0.29, 0.717) is 19.0 Å². The summed E-state index contributed by atoms with van der Waals surface area (Å²) in [6.07, 6.45) is 4.01. The second-order valence-electron chi connectivity index (χ2n) is 6.64. The molecule has 0 spiro atoms. The van der Waals surface area contributed by atoms with Gasteiger partial charge in [-0.3, -0.25) is 0 Å². The first-order valence-corrected chi connectivity index (χ1v) is 9.02. The largest absolute Gasteiger partial charge is 0.392 e. The number of aryl methyl sites for hydroxylation is 1. The van der Waals surface area contributed by atoms with Crippen LogP contribution in [0.25, 0.3) is 5.57 Å². The summed E-state index contributed by atoms with van der Waals surface area (Å²) in [7, 11) is 1.66. The number of aliphatic hydroxyl groups is 1. The molecule has 1 aromatic carbocycles. The summed E-state index contributed by atoms with van der Waals surface area (Å²) in [5.74, 6) is 0.613. The Balaban J connectivity index is 2.95. The lowest BCUT2D eigenvalue weighted by atomic mass is 9.99. The number of hydrogen-bond acceptors (Lipinski definition) is 4. The molecule has 0 radical (unpaired) electrons. The van der Waals surface area contributed by atoms with Crippen molar-refractivity contribution in [3.05, 3.63) is 77.2 Å². The smallest absolute Gasteiger partial charge is 0.119 e. The fourth-order valence-electron chi connectivity index (χ4n) is 2.57. The van der Waals surface area contributed by atoms with Crippen LogP contribution in [0.3, 0.4) is 0 Å². The molecule has 0 unspecified atom stereocenters. The first-order valence-electron chi connectivity index (χ1n) is 9.02. The van der Waals surface area contributed by atoms with Crippen molar-refractivity contribution in [1.82, 2.24) is 5.32 Å². The quantitative estimate of drug-likeness (QED) is 0.362. The maximum atomic E-state index is 9.46. The summed E-state index contributed by atoms with van der Waals surface area (Å²) in [6, 6.07) is 6.00. The van der Waals surface area contributed by atoms with E-state index >= 15 is 0 Å². The van der Waals surface area contributed by atoms with Crippen LogP contribution in [0.15, 0.2) is 65.5 Å². The predicted molar refractivity (Wildman–Crippen MR) is 116 cm³/mol. The Bertz CT molecular complexity index is 767. The van der Waals surface area contributed by atoms with Gasteiger partial charge in [0.2, 0.25) is 0 Å². The van der Waals surface area contributed by atoms with Crippen LogP contribution in [0.4, 0.5) is 0 Å². The third kappa shape index (κ3) is 7.37. The summed E-state index contributed by atoms with van der Waals surface area (Å²) in [4.78, 5) is 4.54. The molecule has 0 aliphatic heterocycles. The lowest BCUT2D eigenvalue weighted by Crippen LogP contribution is -2.17. The minimum atomic E-state index is 0.0276. The number of ether oxygens (including phenoxy) is 1. The van der Waals surface area contributed by atoms with E-state index in [1.165, 1.54) is 0 Å². The minimum Gasteiger partial charge on any atom is -0.392 e. The first kappa shape index (κ1) is 22.6. The molecule has 1 aromatic rings. The number of nitrogens with zero attached hydrogens (tertiary/aromatic N) is 1. The highest BCUT2D eigenvalue weighted by Crippen LogP contribution is 2.20. The van der Waals surface area contributed by atoms with Gasteiger partial charge >= 0.3 is 0 Å². The molecule has 0 aliphatic carbocycles. The molecule has 0 fully saturated rings. The van der Waals surface area contributed by atoms with Crippen LogP contribution < -0.4 is 5.32 Å². The zero-order valence-corrected chi connectivity index (χ0v) is 17.2. The summed E-state index contributed by atoms with van der Waals surface area (Å²) < 4.78 is 5.02.